The molecule has 0 aliphatic carbocycles. The van der Waals surface area contributed by atoms with Crippen molar-refractivity contribution in [3.63, 3.8) is 0 Å². The van der Waals surface area contributed by atoms with E-state index in [0.717, 1.165) is 0 Å². The number of aliphatic hydroxyl groups is 1. The van der Waals surface area contributed by atoms with Gasteiger partial charge in [0, 0.05) is 6.42 Å². The molecule has 1 aromatic rings. The van der Waals surface area contributed by atoms with Gasteiger partial charge in [-0.25, -0.2) is 9.48 Å². The highest BCUT2D eigenvalue weighted by atomic mass is 19.4. The first-order valence-electron chi connectivity index (χ1n) is 4.88. The molecule has 1 atom stereocenters. The number of halogens is 3. The van der Waals surface area contributed by atoms with Crippen molar-refractivity contribution in [2.45, 2.75) is 25.2 Å². The van der Waals surface area contributed by atoms with Crippen LogP contribution in [-0.4, -0.2) is 50.0 Å². The van der Waals surface area contributed by atoms with E-state index in [4.69, 9.17) is 15.9 Å². The number of carboxylic acids is 1. The molecule has 1 rings (SSSR count). The predicted molar refractivity (Wildman–Crippen MR) is 51.8 cm³/mol. The molecule has 4 N–H and O–H groups in total. The maximum atomic E-state index is 12.2. The third-order valence-electron chi connectivity index (χ3n) is 2.15. The third-order valence-corrected chi connectivity index (χ3v) is 2.15. The van der Waals surface area contributed by atoms with E-state index in [0.29, 0.717) is 4.68 Å². The largest absolute Gasteiger partial charge is 0.476 e. The Labute approximate surface area is 99.0 Å². The lowest BCUT2D eigenvalue weighted by molar-refractivity contribution is -0.208. The molecule has 0 saturated carbocycles. The van der Waals surface area contributed by atoms with E-state index in [1.807, 2.05) is 0 Å². The number of aromatic nitrogens is 3. The van der Waals surface area contributed by atoms with Crippen LogP contribution in [0, 0.1) is 0 Å². The molecule has 0 fully saturated rings. The minimum Gasteiger partial charge on any atom is -0.476 e. The second-order valence-electron chi connectivity index (χ2n) is 3.47. The molecule has 1 aromatic heterocycles. The van der Waals surface area contributed by atoms with Gasteiger partial charge in [-0.05, 0) is 6.54 Å². The van der Waals surface area contributed by atoms with Crippen molar-refractivity contribution in [1.82, 2.24) is 15.0 Å². The van der Waals surface area contributed by atoms with Gasteiger partial charge in [-0.1, -0.05) is 5.21 Å². The van der Waals surface area contributed by atoms with Crippen LogP contribution < -0.4 is 5.73 Å². The van der Waals surface area contributed by atoms with Gasteiger partial charge in [-0.2, -0.15) is 13.2 Å². The van der Waals surface area contributed by atoms with E-state index in [-0.39, 0.29) is 18.7 Å². The van der Waals surface area contributed by atoms with Gasteiger partial charge < -0.3 is 15.9 Å². The lowest BCUT2D eigenvalue weighted by Crippen LogP contribution is -2.34. The molecule has 1 heterocycles. The van der Waals surface area contributed by atoms with Crippen molar-refractivity contribution < 1.29 is 28.2 Å². The van der Waals surface area contributed by atoms with Gasteiger partial charge in [-0.15, -0.1) is 5.10 Å². The van der Waals surface area contributed by atoms with Crippen LogP contribution in [0.4, 0.5) is 13.2 Å². The minimum atomic E-state index is -4.81. The van der Waals surface area contributed by atoms with Crippen molar-refractivity contribution in [1.29, 1.82) is 0 Å². The number of hydrogen-bond donors (Lipinski definition) is 3. The molecular weight excluding hydrogens is 257 g/mol. The number of aliphatic hydroxyl groups excluding tert-OH is 1. The van der Waals surface area contributed by atoms with Crippen molar-refractivity contribution in [2.24, 2.45) is 5.73 Å². The van der Waals surface area contributed by atoms with Crippen LogP contribution in [0.1, 0.15) is 16.2 Å². The zero-order chi connectivity index (χ0) is 13.9. The van der Waals surface area contributed by atoms with Gasteiger partial charge in [0.15, 0.2) is 11.8 Å². The molecule has 10 heteroatoms. The molecule has 1 unspecified atom stereocenters. The molecule has 0 saturated heterocycles. The van der Waals surface area contributed by atoms with Crippen LogP contribution in [0.25, 0.3) is 0 Å². The van der Waals surface area contributed by atoms with Gasteiger partial charge in [0.05, 0.1) is 12.2 Å². The predicted octanol–water partition coefficient (Wildman–Crippen LogP) is -0.599. The Kier molecular flexibility index (Phi) is 4.24. The van der Waals surface area contributed by atoms with Crippen LogP contribution in [0.15, 0.2) is 0 Å². The maximum absolute atomic E-state index is 12.2. The molecule has 18 heavy (non-hydrogen) atoms. The number of alkyl halides is 3. The van der Waals surface area contributed by atoms with E-state index < -0.39 is 30.5 Å². The summed E-state index contributed by atoms with van der Waals surface area (Å²) in [6, 6.07) is 0. The monoisotopic (exact) mass is 268 g/mol. The number of nitrogens with zero attached hydrogens (tertiary/aromatic N) is 3. The van der Waals surface area contributed by atoms with E-state index in [9.17, 15) is 18.0 Å². The highest BCUT2D eigenvalue weighted by Crippen LogP contribution is 2.21. The molecule has 0 spiro atoms. The minimum absolute atomic E-state index is 0.000783. The Hall–Kier alpha value is -1.68. The normalized spacial score (nSPS) is 13.6. The van der Waals surface area contributed by atoms with Gasteiger partial charge in [-0.3, -0.25) is 0 Å². The molecule has 0 bridgehead atoms. The van der Waals surface area contributed by atoms with Gasteiger partial charge in [0.25, 0.3) is 0 Å². The topological polar surface area (TPSA) is 114 Å². The summed E-state index contributed by atoms with van der Waals surface area (Å²) in [7, 11) is 0. The Bertz CT molecular complexity index is 432. The highest BCUT2D eigenvalue weighted by molar-refractivity contribution is 5.86. The molecule has 0 aliphatic heterocycles. The highest BCUT2D eigenvalue weighted by Gasteiger charge is 2.39. The molecule has 0 amide bonds. The summed E-state index contributed by atoms with van der Waals surface area (Å²) in [4.78, 5) is 10.8. The lowest BCUT2D eigenvalue weighted by Gasteiger charge is -2.15. The van der Waals surface area contributed by atoms with Crippen molar-refractivity contribution in [3.8, 4) is 0 Å². The summed E-state index contributed by atoms with van der Waals surface area (Å²) < 4.78 is 37.2. The zero-order valence-electron chi connectivity index (χ0n) is 9.05. The van der Waals surface area contributed by atoms with Gasteiger partial charge in [0.1, 0.15) is 0 Å². The summed E-state index contributed by atoms with van der Waals surface area (Å²) in [5.74, 6) is -1.41. The molecule has 0 aromatic carbocycles. The number of rotatable bonds is 5. The van der Waals surface area contributed by atoms with E-state index in [2.05, 4.69) is 10.3 Å². The Morgan fingerprint density at radius 3 is 2.56 bits per heavy atom. The fourth-order valence-corrected chi connectivity index (χ4v) is 1.30. The fraction of sp³-hybridized carbons (Fsp3) is 0.625. The summed E-state index contributed by atoms with van der Waals surface area (Å²) >= 11 is 0. The zero-order valence-corrected chi connectivity index (χ0v) is 9.05. The average Bonchev–Trinajstić information content (AvgIpc) is 2.61. The SMILES string of the molecule is NCCc1c(C(=O)O)nnn1CC(O)C(F)(F)F. The van der Waals surface area contributed by atoms with Crippen LogP contribution in [0.3, 0.4) is 0 Å². The van der Waals surface area contributed by atoms with Crippen LogP contribution in [-0.2, 0) is 13.0 Å². The smallest absolute Gasteiger partial charge is 0.416 e. The van der Waals surface area contributed by atoms with Crippen molar-refractivity contribution in [3.05, 3.63) is 11.4 Å². The first kappa shape index (κ1) is 14.4. The lowest BCUT2D eigenvalue weighted by atomic mass is 10.2. The van der Waals surface area contributed by atoms with Gasteiger partial charge >= 0.3 is 12.1 Å². The quantitative estimate of drug-likeness (QED) is 0.657. The van der Waals surface area contributed by atoms with E-state index in [1.165, 1.54) is 0 Å². The average molecular weight is 268 g/mol. The van der Waals surface area contributed by atoms with Gasteiger partial charge in [0.2, 0.25) is 0 Å². The summed E-state index contributed by atoms with van der Waals surface area (Å²) in [6.07, 6.45) is -7.45. The van der Waals surface area contributed by atoms with Crippen LogP contribution >= 0.6 is 0 Å². The van der Waals surface area contributed by atoms with E-state index >= 15 is 0 Å². The van der Waals surface area contributed by atoms with Crippen LogP contribution in [0.2, 0.25) is 0 Å². The second kappa shape index (κ2) is 5.31. The Morgan fingerprint density at radius 1 is 1.50 bits per heavy atom. The number of hydrogen-bond acceptors (Lipinski definition) is 5. The van der Waals surface area contributed by atoms with E-state index in [1.54, 1.807) is 0 Å². The molecule has 0 aliphatic rings. The Morgan fingerprint density at radius 2 is 2.11 bits per heavy atom. The number of carbonyl (C=O) groups is 1. The molecule has 0 radical (unpaired) electrons. The number of nitrogens with two attached hydrogens (primary N) is 1. The molecule has 7 nitrogen and oxygen atoms in total. The first-order valence-corrected chi connectivity index (χ1v) is 4.88. The van der Waals surface area contributed by atoms with Crippen molar-refractivity contribution in [2.75, 3.05) is 6.54 Å². The number of aromatic carboxylic acids is 1. The molecule has 102 valence electrons. The first-order chi connectivity index (χ1) is 8.27. The summed E-state index contributed by atoms with van der Waals surface area (Å²) in [5.41, 5.74) is 4.72. The summed E-state index contributed by atoms with van der Waals surface area (Å²) in [6.45, 7) is -0.894. The number of carboxylic acid groups (broad SMARTS) is 1. The second-order valence-corrected chi connectivity index (χ2v) is 3.47. The standard InChI is InChI=1S/C8H11F3N4O3/c9-8(10,11)5(16)3-15-4(1-2-12)6(7(17)18)13-14-15/h5,16H,1-3,12H2,(H,17,18). The maximum Gasteiger partial charge on any atom is 0.416 e. The molecular formula is C8H11F3N4O3. The fourth-order valence-electron chi connectivity index (χ4n) is 1.30. The summed E-state index contributed by atoms with van der Waals surface area (Å²) in [5, 5.41) is 24.2. The van der Waals surface area contributed by atoms with Crippen molar-refractivity contribution >= 4 is 5.97 Å². The Balaban J connectivity index is 2.99. The van der Waals surface area contributed by atoms with Crippen LogP contribution in [0.5, 0.6) is 0 Å². The third kappa shape index (κ3) is 3.17.